The van der Waals surface area contributed by atoms with Gasteiger partial charge in [-0.15, -0.1) is 0 Å². The lowest BCUT2D eigenvalue weighted by molar-refractivity contribution is 0.233. The van der Waals surface area contributed by atoms with Crippen molar-refractivity contribution in [2.24, 2.45) is 0 Å². The fourth-order valence-electron chi connectivity index (χ4n) is 1.90. The Labute approximate surface area is 118 Å². The van der Waals surface area contributed by atoms with Gasteiger partial charge in [0, 0.05) is 12.2 Å². The molecule has 1 heterocycles. The van der Waals surface area contributed by atoms with Crippen LogP contribution in [0.25, 0.3) is 0 Å². The molecule has 106 valence electrons. The number of hydrogen-bond acceptors (Lipinski definition) is 3. The fraction of sp³-hybridized carbons (Fsp3) is 0.267. The van der Waals surface area contributed by atoms with E-state index in [-0.39, 0.29) is 12.1 Å². The number of nitrogens with one attached hydrogen (secondary N) is 2. The van der Waals surface area contributed by atoms with Gasteiger partial charge in [-0.3, -0.25) is 4.90 Å². The van der Waals surface area contributed by atoms with E-state index >= 15 is 0 Å². The molecule has 0 aliphatic rings. The minimum atomic E-state index is -0.227. The number of carbonyl (C=O) groups is 1. The standard InChI is InChI=1S/C15H19N3O2/c1-18(2)13(14-9-6-10-20-14)11-16-15(19)17-12-7-4-3-5-8-12/h3-10,13H,11H2,1-2H3,(H2,16,17,19)/t13-/m1/s1. The number of benzene rings is 1. The van der Waals surface area contributed by atoms with Gasteiger partial charge in [0.2, 0.25) is 0 Å². The van der Waals surface area contributed by atoms with Crippen LogP contribution in [0.4, 0.5) is 10.5 Å². The number of nitrogens with zero attached hydrogens (tertiary/aromatic N) is 1. The van der Waals surface area contributed by atoms with Gasteiger partial charge in [0.25, 0.3) is 0 Å². The smallest absolute Gasteiger partial charge is 0.319 e. The molecule has 0 aliphatic heterocycles. The summed E-state index contributed by atoms with van der Waals surface area (Å²) in [6.07, 6.45) is 1.63. The van der Waals surface area contributed by atoms with E-state index in [0.29, 0.717) is 6.54 Å². The topological polar surface area (TPSA) is 57.5 Å². The lowest BCUT2D eigenvalue weighted by Gasteiger charge is -2.22. The van der Waals surface area contributed by atoms with Crippen LogP contribution in [-0.2, 0) is 0 Å². The first-order chi connectivity index (χ1) is 9.66. The Hall–Kier alpha value is -2.27. The number of urea groups is 1. The molecule has 0 fully saturated rings. The number of carbonyl (C=O) groups excluding carboxylic acids is 1. The highest BCUT2D eigenvalue weighted by atomic mass is 16.3. The quantitative estimate of drug-likeness (QED) is 0.880. The van der Waals surface area contributed by atoms with Crippen molar-refractivity contribution in [1.82, 2.24) is 10.2 Å². The highest BCUT2D eigenvalue weighted by Gasteiger charge is 2.17. The van der Waals surface area contributed by atoms with Gasteiger partial charge in [-0.1, -0.05) is 18.2 Å². The van der Waals surface area contributed by atoms with E-state index in [9.17, 15) is 4.79 Å². The van der Waals surface area contributed by atoms with Crippen LogP contribution in [-0.4, -0.2) is 31.6 Å². The molecule has 0 unspecified atom stereocenters. The zero-order valence-electron chi connectivity index (χ0n) is 11.7. The lowest BCUT2D eigenvalue weighted by Crippen LogP contribution is -2.36. The average molecular weight is 273 g/mol. The molecule has 1 atom stereocenters. The second-order valence-electron chi connectivity index (χ2n) is 4.70. The molecule has 0 radical (unpaired) electrons. The molecule has 5 nitrogen and oxygen atoms in total. The number of hydrogen-bond donors (Lipinski definition) is 2. The molecule has 0 aliphatic carbocycles. The van der Waals surface area contributed by atoms with Crippen molar-refractivity contribution in [3.8, 4) is 0 Å². The Morgan fingerprint density at radius 1 is 1.20 bits per heavy atom. The number of likely N-dealkylation sites (N-methyl/N-ethyl adjacent to an activating group) is 1. The third-order valence-electron chi connectivity index (χ3n) is 2.98. The second-order valence-corrected chi connectivity index (χ2v) is 4.70. The average Bonchev–Trinajstić information content (AvgIpc) is 2.93. The van der Waals surface area contributed by atoms with Crippen molar-refractivity contribution >= 4 is 11.7 Å². The van der Waals surface area contributed by atoms with Crippen LogP contribution in [0.15, 0.2) is 53.1 Å². The van der Waals surface area contributed by atoms with Crippen molar-refractivity contribution in [2.45, 2.75) is 6.04 Å². The van der Waals surface area contributed by atoms with Crippen molar-refractivity contribution in [2.75, 3.05) is 26.0 Å². The minimum Gasteiger partial charge on any atom is -0.468 e. The number of amides is 2. The SMILES string of the molecule is CN(C)[C@H](CNC(=O)Nc1ccccc1)c1ccco1. The zero-order chi connectivity index (χ0) is 14.4. The Bertz CT molecular complexity index is 523. The predicted molar refractivity (Wildman–Crippen MR) is 78.6 cm³/mol. The maximum absolute atomic E-state index is 11.8. The first-order valence-electron chi connectivity index (χ1n) is 6.46. The molecule has 2 aromatic rings. The number of rotatable bonds is 5. The molecule has 2 rings (SSSR count). The first-order valence-corrected chi connectivity index (χ1v) is 6.46. The number of para-hydroxylation sites is 1. The van der Waals surface area contributed by atoms with Gasteiger partial charge in [0.15, 0.2) is 0 Å². The van der Waals surface area contributed by atoms with Crippen molar-refractivity contribution in [3.63, 3.8) is 0 Å². The monoisotopic (exact) mass is 273 g/mol. The summed E-state index contributed by atoms with van der Waals surface area (Å²) in [6, 6.07) is 12.9. The summed E-state index contributed by atoms with van der Waals surface area (Å²) in [7, 11) is 3.90. The van der Waals surface area contributed by atoms with E-state index in [1.807, 2.05) is 61.5 Å². The Balaban J connectivity index is 1.88. The second kappa shape index (κ2) is 6.77. The molecule has 0 saturated heterocycles. The van der Waals surface area contributed by atoms with Gasteiger partial charge in [-0.05, 0) is 38.4 Å². The molecular weight excluding hydrogens is 254 g/mol. The van der Waals surface area contributed by atoms with Crippen LogP contribution in [0.1, 0.15) is 11.8 Å². The molecule has 0 bridgehead atoms. The van der Waals surface area contributed by atoms with Gasteiger partial charge in [0.05, 0.1) is 12.3 Å². The molecule has 5 heteroatoms. The molecular formula is C15H19N3O2. The Kier molecular flexibility index (Phi) is 4.79. The molecule has 20 heavy (non-hydrogen) atoms. The zero-order valence-corrected chi connectivity index (χ0v) is 11.7. The van der Waals surface area contributed by atoms with Crippen LogP contribution in [0.5, 0.6) is 0 Å². The van der Waals surface area contributed by atoms with Gasteiger partial charge < -0.3 is 15.1 Å². The van der Waals surface area contributed by atoms with Gasteiger partial charge in [0.1, 0.15) is 5.76 Å². The maximum atomic E-state index is 11.8. The van der Waals surface area contributed by atoms with Gasteiger partial charge >= 0.3 is 6.03 Å². The largest absolute Gasteiger partial charge is 0.468 e. The fourth-order valence-corrected chi connectivity index (χ4v) is 1.90. The summed E-state index contributed by atoms with van der Waals surface area (Å²) < 4.78 is 5.39. The van der Waals surface area contributed by atoms with Crippen LogP contribution in [0, 0.1) is 0 Å². The van der Waals surface area contributed by atoms with E-state index in [0.717, 1.165) is 11.4 Å². The maximum Gasteiger partial charge on any atom is 0.319 e. The summed E-state index contributed by atoms with van der Waals surface area (Å²) in [6.45, 7) is 0.471. The highest BCUT2D eigenvalue weighted by molar-refractivity contribution is 5.89. The predicted octanol–water partition coefficient (Wildman–Crippen LogP) is 2.70. The lowest BCUT2D eigenvalue weighted by atomic mass is 10.2. The summed E-state index contributed by atoms with van der Waals surface area (Å²) in [5.41, 5.74) is 0.768. The van der Waals surface area contributed by atoms with Crippen molar-refractivity contribution in [1.29, 1.82) is 0 Å². The van der Waals surface area contributed by atoms with Crippen LogP contribution in [0.2, 0.25) is 0 Å². The molecule has 1 aromatic carbocycles. The number of anilines is 1. The van der Waals surface area contributed by atoms with Gasteiger partial charge in [-0.2, -0.15) is 0 Å². The Morgan fingerprint density at radius 3 is 2.55 bits per heavy atom. The van der Waals surface area contributed by atoms with Crippen molar-refractivity contribution < 1.29 is 9.21 Å². The first kappa shape index (κ1) is 14.1. The molecule has 0 saturated carbocycles. The summed E-state index contributed by atoms with van der Waals surface area (Å²) in [5.74, 6) is 0.829. The van der Waals surface area contributed by atoms with E-state index in [1.165, 1.54) is 0 Å². The highest BCUT2D eigenvalue weighted by Crippen LogP contribution is 2.17. The van der Waals surface area contributed by atoms with Crippen LogP contribution in [0.3, 0.4) is 0 Å². The normalized spacial score (nSPS) is 12.2. The molecule has 0 spiro atoms. The molecule has 2 amide bonds. The number of furan rings is 1. The van der Waals surface area contributed by atoms with Crippen LogP contribution >= 0.6 is 0 Å². The third kappa shape index (κ3) is 3.86. The molecule has 1 aromatic heterocycles. The summed E-state index contributed by atoms with van der Waals surface area (Å²) >= 11 is 0. The molecule has 2 N–H and O–H groups in total. The summed E-state index contributed by atoms with van der Waals surface area (Å²) in [5, 5.41) is 5.63. The minimum absolute atomic E-state index is 0.00604. The van der Waals surface area contributed by atoms with E-state index in [2.05, 4.69) is 10.6 Å². The van der Waals surface area contributed by atoms with E-state index < -0.39 is 0 Å². The third-order valence-corrected chi connectivity index (χ3v) is 2.98. The Morgan fingerprint density at radius 2 is 1.95 bits per heavy atom. The van der Waals surface area contributed by atoms with Crippen molar-refractivity contribution in [3.05, 3.63) is 54.5 Å². The van der Waals surface area contributed by atoms with E-state index in [4.69, 9.17) is 4.42 Å². The van der Waals surface area contributed by atoms with Crippen LogP contribution < -0.4 is 10.6 Å². The van der Waals surface area contributed by atoms with E-state index in [1.54, 1.807) is 6.26 Å². The van der Waals surface area contributed by atoms with Gasteiger partial charge in [-0.25, -0.2) is 4.79 Å². The summed E-state index contributed by atoms with van der Waals surface area (Å²) in [4.78, 5) is 13.8.